The van der Waals surface area contributed by atoms with E-state index in [4.69, 9.17) is 14.0 Å². The Hall–Kier alpha value is -2.25. The summed E-state index contributed by atoms with van der Waals surface area (Å²) in [6, 6.07) is 0. The van der Waals surface area contributed by atoms with Crippen molar-refractivity contribution in [2.45, 2.75) is 136 Å². The molecular formula is C36H61O8P. The first-order valence-corrected chi connectivity index (χ1v) is 18.5. The monoisotopic (exact) mass is 652 g/mol. The molecule has 0 aliphatic heterocycles. The molecule has 9 heteroatoms. The lowest BCUT2D eigenvalue weighted by Gasteiger charge is -2.19. The van der Waals surface area contributed by atoms with Crippen LogP contribution in [0.4, 0.5) is 0 Å². The first-order chi connectivity index (χ1) is 21.8. The molecular weight excluding hydrogens is 591 g/mol. The van der Waals surface area contributed by atoms with Crippen LogP contribution in [0.25, 0.3) is 0 Å². The Bertz CT molecular complexity index is 922. The third-order valence-electron chi connectivity index (χ3n) is 6.75. The second-order valence-electron chi connectivity index (χ2n) is 10.9. The standard InChI is InChI=1S/C36H61O8P/c1-4-6-8-10-12-14-16-17-18-19-21-23-25-27-29-31-36(38)44-34(33-43-45(39,40)41-3)32-42-35(37)30-28-26-24-22-20-15-13-11-9-7-5-2/h6,8,11-14,17-18,21,23,34H,4-5,7,9-10,15-16,19-20,22,24-33H2,1-3H3,(H,39,40)/b8-6-,13-11-,14-12-,18-17-,23-21-. The van der Waals surface area contributed by atoms with Crippen LogP contribution in [0.15, 0.2) is 60.8 Å². The number of phosphoric acid groups is 1. The summed E-state index contributed by atoms with van der Waals surface area (Å²) in [6.07, 6.45) is 37.1. The Labute approximate surface area is 273 Å². The van der Waals surface area contributed by atoms with Crippen molar-refractivity contribution in [2.75, 3.05) is 20.3 Å². The molecule has 0 bridgehead atoms. The van der Waals surface area contributed by atoms with E-state index in [-0.39, 0.29) is 19.4 Å². The van der Waals surface area contributed by atoms with Crippen molar-refractivity contribution < 1.29 is 37.6 Å². The highest BCUT2D eigenvalue weighted by molar-refractivity contribution is 7.47. The summed E-state index contributed by atoms with van der Waals surface area (Å²) in [4.78, 5) is 34.2. The number of hydrogen-bond acceptors (Lipinski definition) is 7. The average molecular weight is 653 g/mol. The van der Waals surface area contributed by atoms with E-state index in [1.165, 1.54) is 12.8 Å². The van der Waals surface area contributed by atoms with Crippen LogP contribution in [0.5, 0.6) is 0 Å². The highest BCUT2D eigenvalue weighted by Gasteiger charge is 2.24. The zero-order chi connectivity index (χ0) is 33.3. The summed E-state index contributed by atoms with van der Waals surface area (Å²) in [5.41, 5.74) is 0. The molecule has 0 heterocycles. The SMILES string of the molecule is CC/C=C\C/C=C\C/C=C\C/C=C\CCCCC(=O)OC(COC(=O)CCCCCCC/C=C\CCCC)COP(=O)(O)OC. The third-order valence-corrected chi connectivity index (χ3v) is 7.68. The quantitative estimate of drug-likeness (QED) is 0.0353. The third kappa shape index (κ3) is 31.5. The van der Waals surface area contributed by atoms with Crippen LogP contribution in [0.2, 0.25) is 0 Å². The Morgan fingerprint density at radius 3 is 1.76 bits per heavy atom. The highest BCUT2D eigenvalue weighted by atomic mass is 31.2. The molecule has 0 saturated heterocycles. The molecule has 0 aliphatic rings. The summed E-state index contributed by atoms with van der Waals surface area (Å²) in [6.45, 7) is 3.65. The molecule has 0 spiro atoms. The Morgan fingerprint density at radius 1 is 0.644 bits per heavy atom. The predicted molar refractivity (Wildman–Crippen MR) is 184 cm³/mol. The van der Waals surface area contributed by atoms with E-state index in [1.54, 1.807) is 0 Å². The number of phosphoric ester groups is 1. The number of unbranched alkanes of at least 4 members (excludes halogenated alkanes) is 9. The van der Waals surface area contributed by atoms with E-state index in [2.05, 4.69) is 79.1 Å². The van der Waals surface area contributed by atoms with Crippen LogP contribution >= 0.6 is 7.82 Å². The van der Waals surface area contributed by atoms with Gasteiger partial charge in [-0.1, -0.05) is 107 Å². The molecule has 0 fully saturated rings. The van der Waals surface area contributed by atoms with E-state index in [0.717, 1.165) is 90.6 Å². The van der Waals surface area contributed by atoms with E-state index < -0.39 is 32.5 Å². The van der Waals surface area contributed by atoms with Crippen molar-refractivity contribution in [3.05, 3.63) is 60.8 Å². The number of esters is 2. The first-order valence-electron chi connectivity index (χ1n) is 17.0. The molecule has 0 amide bonds. The van der Waals surface area contributed by atoms with Gasteiger partial charge in [-0.3, -0.25) is 18.6 Å². The molecule has 0 radical (unpaired) electrons. The van der Waals surface area contributed by atoms with Crippen LogP contribution < -0.4 is 0 Å². The van der Waals surface area contributed by atoms with Gasteiger partial charge < -0.3 is 14.4 Å². The summed E-state index contributed by atoms with van der Waals surface area (Å²) in [7, 11) is -3.22. The van der Waals surface area contributed by atoms with Crippen molar-refractivity contribution in [1.29, 1.82) is 0 Å². The minimum Gasteiger partial charge on any atom is -0.462 e. The Morgan fingerprint density at radius 2 is 1.13 bits per heavy atom. The lowest BCUT2D eigenvalue weighted by Crippen LogP contribution is -2.29. The van der Waals surface area contributed by atoms with Crippen molar-refractivity contribution in [3.63, 3.8) is 0 Å². The minimum absolute atomic E-state index is 0.188. The normalized spacial score (nSPS) is 14.3. The zero-order valence-corrected chi connectivity index (χ0v) is 29.1. The van der Waals surface area contributed by atoms with Crippen LogP contribution in [0.1, 0.15) is 129 Å². The molecule has 0 aromatic rings. The van der Waals surface area contributed by atoms with E-state index in [9.17, 15) is 19.0 Å². The number of hydrogen-bond donors (Lipinski definition) is 1. The predicted octanol–water partition coefficient (Wildman–Crippen LogP) is 10.0. The van der Waals surface area contributed by atoms with Gasteiger partial charge in [0.25, 0.3) is 0 Å². The average Bonchev–Trinajstić information content (AvgIpc) is 3.03. The zero-order valence-electron chi connectivity index (χ0n) is 28.2. The van der Waals surface area contributed by atoms with E-state index in [1.807, 2.05) is 0 Å². The topological polar surface area (TPSA) is 108 Å². The fraction of sp³-hybridized carbons (Fsp3) is 0.667. The molecule has 2 unspecified atom stereocenters. The van der Waals surface area contributed by atoms with Gasteiger partial charge in [0.15, 0.2) is 6.10 Å². The van der Waals surface area contributed by atoms with Crippen LogP contribution in [0.3, 0.4) is 0 Å². The fourth-order valence-corrected chi connectivity index (χ4v) is 4.56. The molecule has 45 heavy (non-hydrogen) atoms. The van der Waals surface area contributed by atoms with Gasteiger partial charge in [0.1, 0.15) is 6.61 Å². The number of carbonyl (C=O) groups excluding carboxylic acids is 2. The van der Waals surface area contributed by atoms with E-state index in [0.29, 0.717) is 6.42 Å². The van der Waals surface area contributed by atoms with Crippen molar-refractivity contribution in [2.24, 2.45) is 0 Å². The number of ether oxygens (including phenoxy) is 2. The summed E-state index contributed by atoms with van der Waals surface area (Å²) in [5.74, 6) is -0.873. The number of carbonyl (C=O) groups is 2. The van der Waals surface area contributed by atoms with Crippen molar-refractivity contribution >= 4 is 19.8 Å². The summed E-state index contributed by atoms with van der Waals surface area (Å²) < 4.78 is 31.7. The molecule has 258 valence electrons. The maximum absolute atomic E-state index is 12.4. The van der Waals surface area contributed by atoms with Gasteiger partial charge in [-0.2, -0.15) is 0 Å². The van der Waals surface area contributed by atoms with Gasteiger partial charge in [0.05, 0.1) is 6.61 Å². The van der Waals surface area contributed by atoms with Gasteiger partial charge in [-0.15, -0.1) is 0 Å². The van der Waals surface area contributed by atoms with Crippen LogP contribution in [0, 0.1) is 0 Å². The second-order valence-corrected chi connectivity index (χ2v) is 12.5. The van der Waals surface area contributed by atoms with Gasteiger partial charge in [0, 0.05) is 20.0 Å². The van der Waals surface area contributed by atoms with Crippen LogP contribution in [-0.2, 0) is 32.7 Å². The molecule has 0 aromatic carbocycles. The Kier molecular flexibility index (Phi) is 30.1. The van der Waals surface area contributed by atoms with Gasteiger partial charge in [-0.05, 0) is 70.6 Å². The largest absolute Gasteiger partial charge is 0.472 e. The maximum Gasteiger partial charge on any atom is 0.472 e. The summed E-state index contributed by atoms with van der Waals surface area (Å²) >= 11 is 0. The lowest BCUT2D eigenvalue weighted by molar-refractivity contribution is -0.161. The fourth-order valence-electron chi connectivity index (χ4n) is 4.10. The molecule has 0 saturated carbocycles. The first kappa shape index (κ1) is 42.8. The van der Waals surface area contributed by atoms with Crippen LogP contribution in [-0.4, -0.2) is 43.3 Å². The van der Waals surface area contributed by atoms with E-state index >= 15 is 0 Å². The molecule has 0 rings (SSSR count). The molecule has 0 aliphatic carbocycles. The Balaban J connectivity index is 4.23. The number of rotatable bonds is 30. The maximum atomic E-state index is 12.4. The summed E-state index contributed by atoms with van der Waals surface area (Å²) in [5, 5.41) is 0. The van der Waals surface area contributed by atoms with Gasteiger partial charge in [-0.25, -0.2) is 4.57 Å². The smallest absolute Gasteiger partial charge is 0.462 e. The molecule has 8 nitrogen and oxygen atoms in total. The van der Waals surface area contributed by atoms with Gasteiger partial charge >= 0.3 is 19.8 Å². The highest BCUT2D eigenvalue weighted by Crippen LogP contribution is 2.42. The molecule has 1 N–H and O–H groups in total. The number of allylic oxidation sites excluding steroid dienone is 10. The van der Waals surface area contributed by atoms with Gasteiger partial charge in [0.2, 0.25) is 0 Å². The van der Waals surface area contributed by atoms with Crippen molar-refractivity contribution in [3.8, 4) is 0 Å². The molecule has 2 atom stereocenters. The minimum atomic E-state index is -4.27. The molecule has 0 aromatic heterocycles. The van der Waals surface area contributed by atoms with Crippen molar-refractivity contribution in [1.82, 2.24) is 0 Å². The second kappa shape index (κ2) is 31.7. The lowest BCUT2D eigenvalue weighted by atomic mass is 10.1.